The van der Waals surface area contributed by atoms with Crippen molar-refractivity contribution in [1.29, 1.82) is 0 Å². The first kappa shape index (κ1) is 18.1. The molecule has 2 aliphatic rings. The number of nitrogens with zero attached hydrogens (tertiary/aromatic N) is 4. The third-order valence-corrected chi connectivity index (χ3v) is 5.80. The minimum atomic E-state index is -0.105. The van der Waals surface area contributed by atoms with Crippen molar-refractivity contribution in [2.45, 2.75) is 12.5 Å². The molecule has 0 N–H and O–H groups in total. The maximum atomic E-state index is 11.7. The number of thioether (sulfide) groups is 1. The third-order valence-electron chi connectivity index (χ3n) is 4.62. The summed E-state index contributed by atoms with van der Waals surface area (Å²) in [5, 5.41) is 8.08. The van der Waals surface area contributed by atoms with Crippen molar-refractivity contribution in [2.75, 3.05) is 24.7 Å². The van der Waals surface area contributed by atoms with Crippen LogP contribution in [0.25, 0.3) is 0 Å². The molecule has 2 aliphatic heterocycles. The van der Waals surface area contributed by atoms with Gasteiger partial charge in [-0.2, -0.15) is 10.1 Å². The van der Waals surface area contributed by atoms with Gasteiger partial charge in [0.15, 0.2) is 5.17 Å². The second kappa shape index (κ2) is 7.37. The molecule has 2 aromatic carbocycles. The van der Waals surface area contributed by atoms with Gasteiger partial charge in [0, 0.05) is 31.2 Å². The van der Waals surface area contributed by atoms with E-state index in [-0.39, 0.29) is 11.9 Å². The predicted molar refractivity (Wildman–Crippen MR) is 113 cm³/mol. The van der Waals surface area contributed by atoms with E-state index in [4.69, 9.17) is 16.7 Å². The maximum Gasteiger partial charge on any atom is 0.258 e. The Morgan fingerprint density at radius 3 is 2.41 bits per heavy atom. The van der Waals surface area contributed by atoms with Gasteiger partial charge in [0.2, 0.25) is 0 Å². The van der Waals surface area contributed by atoms with Crippen molar-refractivity contribution in [2.24, 2.45) is 10.1 Å². The first-order chi connectivity index (χ1) is 13.0. The van der Waals surface area contributed by atoms with Gasteiger partial charge in [0.1, 0.15) is 0 Å². The summed E-state index contributed by atoms with van der Waals surface area (Å²) < 4.78 is 0. The molecule has 0 bridgehead atoms. The molecule has 5 nitrogen and oxygen atoms in total. The van der Waals surface area contributed by atoms with E-state index < -0.39 is 0 Å². The van der Waals surface area contributed by atoms with Crippen molar-refractivity contribution in [3.63, 3.8) is 0 Å². The van der Waals surface area contributed by atoms with Crippen LogP contribution in [-0.2, 0) is 4.79 Å². The van der Waals surface area contributed by atoms with Gasteiger partial charge < -0.3 is 4.90 Å². The number of rotatable bonds is 3. The Bertz CT molecular complexity index is 922. The number of hydrogen-bond acceptors (Lipinski definition) is 5. The van der Waals surface area contributed by atoms with Crippen molar-refractivity contribution in [3.8, 4) is 0 Å². The Balaban J connectivity index is 1.68. The molecule has 27 heavy (non-hydrogen) atoms. The molecule has 0 fully saturated rings. The normalized spacial score (nSPS) is 19.3. The van der Waals surface area contributed by atoms with Gasteiger partial charge in [0.05, 0.1) is 17.5 Å². The summed E-state index contributed by atoms with van der Waals surface area (Å²) in [7, 11) is 4.04. The third kappa shape index (κ3) is 3.73. The Kier molecular flexibility index (Phi) is 4.93. The Morgan fingerprint density at radius 1 is 1.11 bits per heavy atom. The number of amidine groups is 1. The van der Waals surface area contributed by atoms with Gasteiger partial charge in [-0.1, -0.05) is 47.6 Å². The Hall–Kier alpha value is -2.31. The van der Waals surface area contributed by atoms with E-state index in [1.54, 1.807) is 0 Å². The van der Waals surface area contributed by atoms with Crippen LogP contribution < -0.4 is 4.90 Å². The lowest BCUT2D eigenvalue weighted by molar-refractivity contribution is -0.115. The van der Waals surface area contributed by atoms with Gasteiger partial charge >= 0.3 is 0 Å². The van der Waals surface area contributed by atoms with Gasteiger partial charge in [-0.25, -0.2) is 5.01 Å². The van der Waals surface area contributed by atoms with Crippen LogP contribution in [0.4, 0.5) is 5.69 Å². The van der Waals surface area contributed by atoms with E-state index in [0.717, 1.165) is 28.9 Å². The summed E-state index contributed by atoms with van der Waals surface area (Å²) in [4.78, 5) is 17.9. The average Bonchev–Trinajstić information content (AvgIpc) is 3.29. The number of halogens is 1. The molecule has 1 unspecified atom stereocenters. The lowest BCUT2D eigenvalue weighted by Gasteiger charge is -2.23. The fourth-order valence-corrected chi connectivity index (χ4v) is 4.08. The van der Waals surface area contributed by atoms with E-state index in [1.807, 2.05) is 43.4 Å². The van der Waals surface area contributed by atoms with Crippen LogP contribution in [0.1, 0.15) is 23.6 Å². The monoisotopic (exact) mass is 398 g/mol. The van der Waals surface area contributed by atoms with Crippen LogP contribution in [0, 0.1) is 0 Å². The smallest absolute Gasteiger partial charge is 0.258 e. The molecule has 0 aromatic heterocycles. The molecule has 1 atom stereocenters. The van der Waals surface area contributed by atoms with Crippen LogP contribution >= 0.6 is 23.4 Å². The fourth-order valence-electron chi connectivity index (χ4n) is 3.17. The van der Waals surface area contributed by atoms with Gasteiger partial charge in [-0.3, -0.25) is 4.79 Å². The zero-order valence-electron chi connectivity index (χ0n) is 15.1. The SMILES string of the molecule is CN(C)c1ccc(C2CC(c3ccc(Cl)cc3)=NN2C2=NC(=O)CS2)cc1. The first-order valence-corrected chi connectivity index (χ1v) is 10.0. The number of amides is 1. The highest BCUT2D eigenvalue weighted by Crippen LogP contribution is 2.36. The van der Waals surface area contributed by atoms with Crippen LogP contribution in [0.5, 0.6) is 0 Å². The summed E-state index contributed by atoms with van der Waals surface area (Å²) >= 11 is 7.46. The topological polar surface area (TPSA) is 48.3 Å². The van der Waals surface area contributed by atoms with Gasteiger partial charge in [0.25, 0.3) is 5.91 Å². The number of aliphatic imine (C=N–C) groups is 1. The second-order valence-corrected chi connectivity index (χ2v) is 8.06. The molecule has 0 radical (unpaired) electrons. The molecule has 2 aromatic rings. The highest BCUT2D eigenvalue weighted by atomic mass is 35.5. The number of hydrazone groups is 1. The number of hydrogen-bond donors (Lipinski definition) is 0. The molecule has 7 heteroatoms. The number of anilines is 1. The Morgan fingerprint density at radius 2 is 1.81 bits per heavy atom. The van der Waals surface area contributed by atoms with Crippen LogP contribution in [-0.4, -0.2) is 41.6 Å². The molecule has 2 heterocycles. The van der Waals surface area contributed by atoms with Crippen LogP contribution in [0.3, 0.4) is 0 Å². The lowest BCUT2D eigenvalue weighted by atomic mass is 9.98. The zero-order chi connectivity index (χ0) is 19.0. The fraction of sp³-hybridized carbons (Fsp3) is 0.250. The van der Waals surface area contributed by atoms with Crippen LogP contribution in [0.2, 0.25) is 5.02 Å². The van der Waals surface area contributed by atoms with Crippen molar-refractivity contribution >= 4 is 45.8 Å². The van der Waals surface area contributed by atoms with Crippen molar-refractivity contribution < 1.29 is 4.79 Å². The van der Waals surface area contributed by atoms with E-state index >= 15 is 0 Å². The highest BCUT2D eigenvalue weighted by molar-refractivity contribution is 8.14. The molecule has 0 saturated heterocycles. The van der Waals surface area contributed by atoms with E-state index in [9.17, 15) is 4.79 Å². The largest absolute Gasteiger partial charge is 0.378 e. The standard InChI is InChI=1S/C20H19ClN4OS/c1-24(2)16-9-5-14(6-10-16)18-11-17(13-3-7-15(21)8-4-13)23-25(18)20-22-19(26)12-27-20/h3-10,18H,11-12H2,1-2H3. The molecule has 0 aliphatic carbocycles. The minimum absolute atomic E-state index is 0.0176. The Labute approximate surface area is 167 Å². The highest BCUT2D eigenvalue weighted by Gasteiger charge is 2.34. The molecule has 4 rings (SSSR count). The van der Waals surface area contributed by atoms with E-state index in [0.29, 0.717) is 15.9 Å². The number of carbonyl (C=O) groups is 1. The van der Waals surface area contributed by atoms with Gasteiger partial charge in [-0.15, -0.1) is 0 Å². The van der Waals surface area contributed by atoms with Crippen molar-refractivity contribution in [3.05, 3.63) is 64.7 Å². The molecular weight excluding hydrogens is 380 g/mol. The molecular formula is C20H19ClN4OS. The summed E-state index contributed by atoms with van der Waals surface area (Å²) in [6, 6.07) is 16.2. The molecule has 0 spiro atoms. The van der Waals surface area contributed by atoms with Crippen molar-refractivity contribution in [1.82, 2.24) is 5.01 Å². The lowest BCUT2D eigenvalue weighted by Crippen LogP contribution is -2.23. The molecule has 0 saturated carbocycles. The first-order valence-electron chi connectivity index (χ1n) is 8.65. The maximum absolute atomic E-state index is 11.7. The van der Waals surface area contributed by atoms with Crippen LogP contribution in [0.15, 0.2) is 58.6 Å². The summed E-state index contributed by atoms with van der Waals surface area (Å²) in [5.74, 6) is 0.274. The summed E-state index contributed by atoms with van der Waals surface area (Å²) in [6.07, 6.45) is 0.747. The summed E-state index contributed by atoms with van der Waals surface area (Å²) in [6.45, 7) is 0. The summed E-state index contributed by atoms with van der Waals surface area (Å²) in [5.41, 5.74) is 4.29. The quantitative estimate of drug-likeness (QED) is 0.777. The molecule has 138 valence electrons. The molecule has 1 amide bonds. The average molecular weight is 399 g/mol. The predicted octanol–water partition coefficient (Wildman–Crippen LogP) is 4.19. The second-order valence-electron chi connectivity index (χ2n) is 6.68. The zero-order valence-corrected chi connectivity index (χ0v) is 16.7. The van der Waals surface area contributed by atoms with E-state index in [2.05, 4.69) is 34.2 Å². The van der Waals surface area contributed by atoms with E-state index in [1.165, 1.54) is 11.8 Å². The van der Waals surface area contributed by atoms with Gasteiger partial charge in [-0.05, 0) is 35.4 Å². The minimum Gasteiger partial charge on any atom is -0.378 e. The number of benzene rings is 2. The number of carbonyl (C=O) groups excluding carboxylic acids is 1.